The van der Waals surface area contributed by atoms with Gasteiger partial charge in [0.25, 0.3) is 5.91 Å². The lowest BCUT2D eigenvalue weighted by Gasteiger charge is -2.24. The van der Waals surface area contributed by atoms with Gasteiger partial charge in [-0.2, -0.15) is 0 Å². The van der Waals surface area contributed by atoms with Crippen molar-refractivity contribution in [2.24, 2.45) is 0 Å². The molecule has 1 saturated heterocycles. The van der Waals surface area contributed by atoms with Gasteiger partial charge < -0.3 is 15.4 Å². The van der Waals surface area contributed by atoms with Gasteiger partial charge >= 0.3 is 0 Å². The van der Waals surface area contributed by atoms with Crippen LogP contribution in [0.25, 0.3) is 10.8 Å². The summed E-state index contributed by atoms with van der Waals surface area (Å²) in [7, 11) is 0. The van der Waals surface area contributed by atoms with Crippen LogP contribution in [0.1, 0.15) is 23.2 Å². The Morgan fingerprint density at radius 1 is 1.12 bits per heavy atom. The van der Waals surface area contributed by atoms with E-state index in [0.717, 1.165) is 42.5 Å². The standard InChI is InChI=1S/C20H20N4O2/c25-20(15-2-1-7-22-12-15)24-19-11-16-10-18(4-3-14(16)13-23-19)26-17-5-8-21-9-6-17/h1-4,7,10-13,17,21H,5-6,8-9H2,(H,23,24,25). The van der Waals surface area contributed by atoms with Gasteiger partial charge in [0.15, 0.2) is 0 Å². The van der Waals surface area contributed by atoms with E-state index in [0.29, 0.717) is 11.4 Å². The van der Waals surface area contributed by atoms with Gasteiger partial charge in [-0.05, 0) is 67.7 Å². The summed E-state index contributed by atoms with van der Waals surface area (Å²) in [4.78, 5) is 20.5. The highest BCUT2D eigenvalue weighted by atomic mass is 16.5. The highest BCUT2D eigenvalue weighted by Gasteiger charge is 2.14. The van der Waals surface area contributed by atoms with Gasteiger partial charge in [0.05, 0.1) is 5.56 Å². The molecule has 2 N–H and O–H groups in total. The van der Waals surface area contributed by atoms with Crippen molar-refractivity contribution in [3.05, 3.63) is 60.6 Å². The van der Waals surface area contributed by atoms with Crippen molar-refractivity contribution in [2.45, 2.75) is 18.9 Å². The van der Waals surface area contributed by atoms with E-state index >= 15 is 0 Å². The predicted octanol–water partition coefficient (Wildman–Crippen LogP) is 3.01. The van der Waals surface area contributed by atoms with Crippen LogP contribution in [0.2, 0.25) is 0 Å². The molecule has 0 spiro atoms. The molecule has 3 aromatic rings. The lowest BCUT2D eigenvalue weighted by Crippen LogP contribution is -2.34. The van der Waals surface area contributed by atoms with Crippen molar-refractivity contribution in [2.75, 3.05) is 18.4 Å². The summed E-state index contributed by atoms with van der Waals surface area (Å²) >= 11 is 0. The third-order valence-corrected chi connectivity index (χ3v) is 4.45. The number of hydrogen-bond donors (Lipinski definition) is 2. The van der Waals surface area contributed by atoms with Crippen molar-refractivity contribution in [3.8, 4) is 5.75 Å². The Morgan fingerprint density at radius 2 is 2.00 bits per heavy atom. The first-order valence-corrected chi connectivity index (χ1v) is 8.76. The molecule has 0 saturated carbocycles. The molecule has 2 aromatic heterocycles. The Balaban J connectivity index is 1.52. The van der Waals surface area contributed by atoms with E-state index < -0.39 is 0 Å². The summed E-state index contributed by atoms with van der Waals surface area (Å²) in [5, 5.41) is 8.13. The number of aromatic nitrogens is 2. The van der Waals surface area contributed by atoms with Gasteiger partial charge in [-0.1, -0.05) is 0 Å². The third-order valence-electron chi connectivity index (χ3n) is 4.45. The van der Waals surface area contributed by atoms with Gasteiger partial charge in [0.2, 0.25) is 0 Å². The first kappa shape index (κ1) is 16.5. The number of anilines is 1. The average molecular weight is 348 g/mol. The monoisotopic (exact) mass is 348 g/mol. The highest BCUT2D eigenvalue weighted by Crippen LogP contribution is 2.24. The van der Waals surface area contributed by atoms with Gasteiger partial charge in [-0.25, -0.2) is 4.98 Å². The largest absolute Gasteiger partial charge is 0.490 e. The number of ether oxygens (including phenoxy) is 1. The van der Waals surface area contributed by atoms with Crippen molar-refractivity contribution < 1.29 is 9.53 Å². The van der Waals surface area contributed by atoms with E-state index in [1.165, 1.54) is 6.20 Å². The predicted molar refractivity (Wildman–Crippen MR) is 100 cm³/mol. The van der Waals surface area contributed by atoms with E-state index in [1.807, 2.05) is 24.3 Å². The van der Waals surface area contributed by atoms with Crippen molar-refractivity contribution in [1.29, 1.82) is 0 Å². The molecule has 1 fully saturated rings. The second-order valence-electron chi connectivity index (χ2n) is 6.34. The topological polar surface area (TPSA) is 76.1 Å². The first-order chi connectivity index (χ1) is 12.8. The average Bonchev–Trinajstić information content (AvgIpc) is 2.69. The Labute approximate surface area is 151 Å². The van der Waals surface area contributed by atoms with Crippen molar-refractivity contribution in [1.82, 2.24) is 15.3 Å². The van der Waals surface area contributed by atoms with E-state index in [-0.39, 0.29) is 12.0 Å². The molecule has 0 bridgehead atoms. The van der Waals surface area contributed by atoms with Gasteiger partial charge in [0, 0.05) is 24.0 Å². The molecule has 6 heteroatoms. The number of benzene rings is 1. The van der Waals surface area contributed by atoms with Crippen LogP contribution in [0.4, 0.5) is 5.82 Å². The summed E-state index contributed by atoms with van der Waals surface area (Å²) in [5.41, 5.74) is 0.498. The molecule has 0 radical (unpaired) electrons. The van der Waals surface area contributed by atoms with E-state index in [4.69, 9.17) is 4.74 Å². The zero-order valence-electron chi connectivity index (χ0n) is 14.3. The summed E-state index contributed by atoms with van der Waals surface area (Å²) in [6, 6.07) is 11.3. The minimum atomic E-state index is -0.230. The number of rotatable bonds is 4. The fourth-order valence-corrected chi connectivity index (χ4v) is 3.05. The lowest BCUT2D eigenvalue weighted by atomic mass is 10.1. The Hall–Kier alpha value is -2.99. The number of amides is 1. The van der Waals surface area contributed by atoms with Crippen LogP contribution in [0.3, 0.4) is 0 Å². The number of nitrogens with one attached hydrogen (secondary N) is 2. The molecule has 0 aliphatic carbocycles. The number of pyridine rings is 2. The number of nitrogens with zero attached hydrogens (tertiary/aromatic N) is 2. The van der Waals surface area contributed by atoms with Crippen LogP contribution in [0, 0.1) is 0 Å². The normalized spacial score (nSPS) is 14.9. The number of fused-ring (bicyclic) bond motifs is 1. The third kappa shape index (κ3) is 3.81. The molecule has 1 aliphatic rings. The Kier molecular flexibility index (Phi) is 4.75. The molecule has 0 atom stereocenters. The summed E-state index contributed by atoms with van der Waals surface area (Å²) in [6.07, 6.45) is 7.20. The Bertz CT molecular complexity index is 908. The van der Waals surface area contributed by atoms with E-state index in [9.17, 15) is 4.79 Å². The first-order valence-electron chi connectivity index (χ1n) is 8.76. The molecule has 132 valence electrons. The van der Waals surface area contributed by atoms with Gasteiger partial charge in [0.1, 0.15) is 17.7 Å². The molecular weight excluding hydrogens is 328 g/mol. The van der Waals surface area contributed by atoms with Crippen LogP contribution in [0.5, 0.6) is 5.75 Å². The molecule has 0 unspecified atom stereocenters. The minimum Gasteiger partial charge on any atom is -0.490 e. The molecule has 4 rings (SSSR count). The van der Waals surface area contributed by atoms with Crippen LogP contribution in [0.15, 0.2) is 55.0 Å². The van der Waals surface area contributed by atoms with Crippen molar-refractivity contribution >= 4 is 22.5 Å². The van der Waals surface area contributed by atoms with Gasteiger partial charge in [-0.15, -0.1) is 0 Å². The zero-order valence-corrected chi connectivity index (χ0v) is 14.3. The minimum absolute atomic E-state index is 0.230. The molecule has 6 nitrogen and oxygen atoms in total. The van der Waals surface area contributed by atoms with Gasteiger partial charge in [-0.3, -0.25) is 9.78 Å². The summed E-state index contributed by atoms with van der Waals surface area (Å²) in [5.74, 6) is 1.12. The highest BCUT2D eigenvalue weighted by molar-refractivity contribution is 6.04. The maximum absolute atomic E-state index is 12.3. The quantitative estimate of drug-likeness (QED) is 0.758. The molecule has 1 aromatic carbocycles. The molecule has 1 amide bonds. The number of carbonyl (C=O) groups is 1. The maximum atomic E-state index is 12.3. The van der Waals surface area contributed by atoms with Crippen LogP contribution < -0.4 is 15.4 Å². The van der Waals surface area contributed by atoms with E-state index in [2.05, 4.69) is 20.6 Å². The lowest BCUT2D eigenvalue weighted by molar-refractivity contribution is 0.102. The fourth-order valence-electron chi connectivity index (χ4n) is 3.05. The molecule has 3 heterocycles. The molecule has 1 aliphatic heterocycles. The van der Waals surface area contributed by atoms with Crippen LogP contribution >= 0.6 is 0 Å². The number of carbonyl (C=O) groups excluding carboxylic acids is 1. The maximum Gasteiger partial charge on any atom is 0.258 e. The summed E-state index contributed by atoms with van der Waals surface area (Å²) < 4.78 is 6.10. The fraction of sp³-hybridized carbons (Fsp3) is 0.250. The number of piperidine rings is 1. The van der Waals surface area contributed by atoms with E-state index in [1.54, 1.807) is 24.5 Å². The molecule has 26 heavy (non-hydrogen) atoms. The number of hydrogen-bond acceptors (Lipinski definition) is 5. The molecular formula is C20H20N4O2. The summed E-state index contributed by atoms with van der Waals surface area (Å²) in [6.45, 7) is 1.99. The zero-order chi connectivity index (χ0) is 17.8. The second-order valence-corrected chi connectivity index (χ2v) is 6.34. The van der Waals surface area contributed by atoms with Crippen LogP contribution in [-0.4, -0.2) is 35.1 Å². The van der Waals surface area contributed by atoms with Crippen molar-refractivity contribution in [3.63, 3.8) is 0 Å². The Morgan fingerprint density at radius 3 is 2.81 bits per heavy atom. The SMILES string of the molecule is O=C(Nc1cc2cc(OC3CCNCC3)ccc2cn1)c1cccnc1. The second kappa shape index (κ2) is 7.49. The smallest absolute Gasteiger partial charge is 0.258 e. The van der Waals surface area contributed by atoms with Crippen LogP contribution in [-0.2, 0) is 0 Å².